The van der Waals surface area contributed by atoms with Crippen LogP contribution in [0.3, 0.4) is 0 Å². The van der Waals surface area contributed by atoms with Crippen LogP contribution in [0.5, 0.6) is 5.75 Å². The summed E-state index contributed by atoms with van der Waals surface area (Å²) in [7, 11) is 0. The third kappa shape index (κ3) is 6.93. The maximum Gasteiger partial charge on any atom is 0.573 e. The Hall–Kier alpha value is -4.04. The predicted octanol–water partition coefficient (Wildman–Crippen LogP) is 5.59. The molecule has 9 nitrogen and oxygen atoms in total. The summed E-state index contributed by atoms with van der Waals surface area (Å²) in [4.78, 5) is 17.8. The number of nitrogens with one attached hydrogen (secondary N) is 2. The maximum absolute atomic E-state index is 12.6. The normalized spacial score (nSPS) is 14.4. The number of piperazine rings is 1. The number of halogens is 3. The van der Waals surface area contributed by atoms with Crippen molar-refractivity contribution < 1.29 is 17.9 Å². The monoisotopic (exact) mass is 586 g/mol. The van der Waals surface area contributed by atoms with Gasteiger partial charge >= 0.3 is 6.36 Å². The van der Waals surface area contributed by atoms with Crippen LogP contribution in [0, 0.1) is 13.8 Å². The van der Waals surface area contributed by atoms with Gasteiger partial charge in [0, 0.05) is 54.7 Å². The molecule has 14 heteroatoms. The van der Waals surface area contributed by atoms with E-state index in [0.717, 1.165) is 27.3 Å². The van der Waals surface area contributed by atoms with Crippen molar-refractivity contribution in [1.82, 2.24) is 19.2 Å². The van der Waals surface area contributed by atoms with Crippen LogP contribution in [0.25, 0.3) is 10.1 Å². The van der Waals surface area contributed by atoms with Gasteiger partial charge in [0.15, 0.2) is 0 Å². The molecule has 2 aromatic heterocycles. The lowest BCUT2D eigenvalue weighted by Crippen LogP contribution is -2.51. The first-order valence-electron chi connectivity index (χ1n) is 12.3. The zero-order chi connectivity index (χ0) is 28.3. The quantitative estimate of drug-likeness (QED) is 0.180. The highest BCUT2D eigenvalue weighted by Crippen LogP contribution is 2.30. The Balaban J connectivity index is 1.35. The van der Waals surface area contributed by atoms with E-state index in [4.69, 9.17) is 12.2 Å². The molecule has 0 unspecified atom stereocenters. The van der Waals surface area contributed by atoms with Gasteiger partial charge in [-0.15, -0.1) is 13.2 Å². The third-order valence-corrected chi connectivity index (χ3v) is 6.98. The Morgan fingerprint density at radius 3 is 2.42 bits per heavy atom. The zero-order valence-corrected chi connectivity index (χ0v) is 23.2. The highest BCUT2D eigenvalue weighted by molar-refractivity contribution is 7.80. The number of nitrogens with zero attached hydrogens (tertiary/aromatic N) is 6. The summed E-state index contributed by atoms with van der Waals surface area (Å²) in [5.74, 6) is 1.39. The van der Waals surface area contributed by atoms with Gasteiger partial charge in [-0.05, 0) is 67.9 Å². The standard InChI is InChI=1S/C26H25F3N8OS2/c1-16-14-17(2)31-23(30-16)33-24(34-25(39)32-18-6-5-7-19(15-18)38-26(27,28)29)37-12-10-36(11-13-37)22-20-8-3-4-9-21(20)40-35-22/h3-9,14-15H,10-13H2,1-2H3,(H2,30,31,32,33,34,39). The minimum atomic E-state index is -4.80. The van der Waals surface area contributed by atoms with Crippen molar-refractivity contribution in [3.8, 4) is 5.75 Å². The van der Waals surface area contributed by atoms with Gasteiger partial charge in [0.2, 0.25) is 17.0 Å². The molecule has 5 rings (SSSR count). The summed E-state index contributed by atoms with van der Waals surface area (Å²) < 4.78 is 47.8. The van der Waals surface area contributed by atoms with Crippen LogP contribution in [0.1, 0.15) is 11.4 Å². The largest absolute Gasteiger partial charge is 0.573 e. The molecular formula is C26H25F3N8OS2. The number of thiocarbonyl (C=S) groups is 1. The zero-order valence-electron chi connectivity index (χ0n) is 21.6. The fourth-order valence-corrected chi connectivity index (χ4v) is 5.31. The number of alkyl halides is 3. The molecule has 1 fully saturated rings. The van der Waals surface area contributed by atoms with Crippen molar-refractivity contribution in [1.29, 1.82) is 0 Å². The molecule has 1 aliphatic heterocycles. The van der Waals surface area contributed by atoms with Crippen molar-refractivity contribution in [2.45, 2.75) is 20.2 Å². The van der Waals surface area contributed by atoms with E-state index in [1.54, 1.807) is 6.07 Å². The van der Waals surface area contributed by atoms with Crippen LogP contribution in [-0.4, -0.2) is 62.9 Å². The van der Waals surface area contributed by atoms with Crippen LogP contribution in [0.2, 0.25) is 0 Å². The highest BCUT2D eigenvalue weighted by Gasteiger charge is 2.31. The smallest absolute Gasteiger partial charge is 0.406 e. The topological polar surface area (TPSA) is 90.8 Å². The lowest BCUT2D eigenvalue weighted by atomic mass is 10.2. The molecule has 40 heavy (non-hydrogen) atoms. The van der Waals surface area contributed by atoms with Gasteiger partial charge in [0.05, 0.1) is 4.70 Å². The number of ether oxygens (including phenoxy) is 1. The van der Waals surface area contributed by atoms with Crippen molar-refractivity contribution >= 4 is 62.4 Å². The number of benzene rings is 2. The average molecular weight is 587 g/mol. The molecule has 0 amide bonds. The number of aliphatic imine (C=N–C) groups is 1. The lowest BCUT2D eigenvalue weighted by Gasteiger charge is -2.36. The number of aromatic nitrogens is 3. The second kappa shape index (κ2) is 11.6. The van der Waals surface area contributed by atoms with Gasteiger partial charge in [-0.2, -0.15) is 9.37 Å². The van der Waals surface area contributed by atoms with E-state index in [1.807, 2.05) is 36.9 Å². The molecule has 1 saturated heterocycles. The molecule has 3 heterocycles. The van der Waals surface area contributed by atoms with Crippen LogP contribution >= 0.6 is 23.8 Å². The average Bonchev–Trinajstić information content (AvgIpc) is 3.31. The minimum Gasteiger partial charge on any atom is -0.406 e. The van der Waals surface area contributed by atoms with Crippen molar-refractivity contribution in [3.63, 3.8) is 0 Å². The molecule has 4 aromatic rings. The molecule has 2 aromatic carbocycles. The first-order chi connectivity index (χ1) is 19.1. The van der Waals surface area contributed by atoms with Crippen molar-refractivity contribution in [3.05, 3.63) is 66.0 Å². The molecule has 2 N–H and O–H groups in total. The van der Waals surface area contributed by atoms with Crippen LogP contribution in [-0.2, 0) is 0 Å². The summed E-state index contributed by atoms with van der Waals surface area (Å²) >= 11 is 6.93. The van der Waals surface area contributed by atoms with Gasteiger partial charge in [0.1, 0.15) is 11.6 Å². The highest BCUT2D eigenvalue weighted by atomic mass is 32.1. The fraction of sp³-hybridized carbons (Fsp3) is 0.269. The molecule has 0 saturated carbocycles. The number of anilines is 3. The molecule has 0 bridgehead atoms. The number of fused-ring (bicyclic) bond motifs is 1. The number of rotatable bonds is 4. The lowest BCUT2D eigenvalue weighted by molar-refractivity contribution is -0.274. The van der Waals surface area contributed by atoms with E-state index in [0.29, 0.717) is 43.8 Å². The van der Waals surface area contributed by atoms with E-state index in [1.165, 1.54) is 29.7 Å². The van der Waals surface area contributed by atoms with E-state index in [2.05, 4.69) is 51.7 Å². The molecule has 0 aliphatic carbocycles. The SMILES string of the molecule is Cc1cc(C)nc(N/C(=N/C(=S)Nc2cccc(OC(F)(F)F)c2)N2CCN(c3nsc4ccccc34)CC2)n1. The predicted molar refractivity (Wildman–Crippen MR) is 155 cm³/mol. The molecule has 0 atom stereocenters. The van der Waals surface area contributed by atoms with Gasteiger partial charge in [0.25, 0.3) is 0 Å². The van der Waals surface area contributed by atoms with E-state index >= 15 is 0 Å². The van der Waals surface area contributed by atoms with Gasteiger partial charge < -0.3 is 19.9 Å². The van der Waals surface area contributed by atoms with Gasteiger partial charge in [-0.3, -0.25) is 5.32 Å². The Morgan fingerprint density at radius 1 is 0.975 bits per heavy atom. The first-order valence-corrected chi connectivity index (χ1v) is 13.5. The molecular weight excluding hydrogens is 561 g/mol. The summed E-state index contributed by atoms with van der Waals surface area (Å²) in [6.07, 6.45) is -4.80. The number of hydrogen-bond acceptors (Lipinski definition) is 7. The summed E-state index contributed by atoms with van der Waals surface area (Å²) in [5, 5.41) is 7.23. The van der Waals surface area contributed by atoms with Crippen LogP contribution < -0.4 is 20.3 Å². The fourth-order valence-electron chi connectivity index (χ4n) is 4.31. The number of guanidine groups is 1. The van der Waals surface area contributed by atoms with E-state index in [-0.39, 0.29) is 10.9 Å². The van der Waals surface area contributed by atoms with Crippen LogP contribution in [0.4, 0.5) is 30.6 Å². The summed E-state index contributed by atoms with van der Waals surface area (Å²) in [6.45, 7) is 6.35. The Labute approximate surface area is 237 Å². The first kappa shape index (κ1) is 27.5. The van der Waals surface area contributed by atoms with Gasteiger partial charge in [-0.25, -0.2) is 9.97 Å². The van der Waals surface area contributed by atoms with E-state index in [9.17, 15) is 13.2 Å². The molecule has 0 spiro atoms. The van der Waals surface area contributed by atoms with Gasteiger partial charge in [-0.1, -0.05) is 18.2 Å². The number of hydrogen-bond donors (Lipinski definition) is 2. The third-order valence-electron chi connectivity index (χ3n) is 5.97. The molecule has 1 aliphatic rings. The van der Waals surface area contributed by atoms with E-state index < -0.39 is 6.36 Å². The Kier molecular flexibility index (Phi) is 7.98. The van der Waals surface area contributed by atoms with Crippen molar-refractivity contribution in [2.75, 3.05) is 41.7 Å². The van der Waals surface area contributed by atoms with Crippen LogP contribution in [0.15, 0.2) is 59.6 Å². The summed E-state index contributed by atoms with van der Waals surface area (Å²) in [5.41, 5.74) is 1.88. The maximum atomic E-state index is 12.6. The number of aryl methyl sites for hydroxylation is 2. The Morgan fingerprint density at radius 2 is 1.70 bits per heavy atom. The minimum absolute atomic E-state index is 0.0453. The Bertz CT molecular complexity index is 1530. The molecule has 208 valence electrons. The molecule has 0 radical (unpaired) electrons. The second-order valence-electron chi connectivity index (χ2n) is 9.02. The summed E-state index contributed by atoms with van der Waals surface area (Å²) in [6, 6.07) is 15.4. The second-order valence-corrected chi connectivity index (χ2v) is 10.2. The van der Waals surface area contributed by atoms with Crippen molar-refractivity contribution in [2.24, 2.45) is 4.99 Å².